The van der Waals surface area contributed by atoms with Crippen molar-refractivity contribution in [3.63, 3.8) is 0 Å². The first-order chi connectivity index (χ1) is 12.3. The summed E-state index contributed by atoms with van der Waals surface area (Å²) in [7, 11) is 0. The van der Waals surface area contributed by atoms with Gasteiger partial charge in [-0.1, -0.05) is 50.3 Å². The van der Waals surface area contributed by atoms with Gasteiger partial charge in [-0.2, -0.15) is 5.10 Å². The monoisotopic (exact) mass is 371 g/mol. The first-order valence-corrected chi connectivity index (χ1v) is 8.86. The highest BCUT2D eigenvalue weighted by Crippen LogP contribution is 2.18. The Morgan fingerprint density at radius 2 is 1.73 bits per heavy atom. The molecule has 0 atom stereocenters. The molecule has 0 fully saturated rings. The molecule has 0 unspecified atom stereocenters. The highest BCUT2D eigenvalue weighted by atomic mass is 35.5. The molecule has 0 aliphatic carbocycles. The number of nitrogens with zero attached hydrogens (tertiary/aromatic N) is 2. The lowest BCUT2D eigenvalue weighted by Crippen LogP contribution is -2.27. The van der Waals surface area contributed by atoms with Gasteiger partial charge >= 0.3 is 0 Å². The van der Waals surface area contributed by atoms with E-state index in [1.807, 2.05) is 36.4 Å². The number of ether oxygens (including phenoxy) is 1. The van der Waals surface area contributed by atoms with Crippen LogP contribution in [0, 0.1) is 0 Å². The quantitative estimate of drug-likeness (QED) is 0.613. The van der Waals surface area contributed by atoms with Crippen molar-refractivity contribution in [2.75, 3.05) is 26.2 Å². The zero-order valence-corrected chi connectivity index (χ0v) is 16.1. The third kappa shape index (κ3) is 5.10. The number of hydrogen-bond donors (Lipinski definition) is 1. The van der Waals surface area contributed by atoms with Crippen molar-refractivity contribution in [1.82, 2.24) is 15.1 Å². The average Bonchev–Trinajstić information content (AvgIpc) is 3.08. The summed E-state index contributed by atoms with van der Waals surface area (Å²) in [4.78, 5) is 2.35. The molecular weight excluding hydrogens is 346 g/mol. The van der Waals surface area contributed by atoms with Crippen LogP contribution in [0.1, 0.15) is 25.1 Å². The summed E-state index contributed by atoms with van der Waals surface area (Å²) in [5, 5.41) is 8.54. The Hall–Kier alpha value is -2.30. The number of para-hydroxylation sites is 1. The van der Waals surface area contributed by atoms with Gasteiger partial charge in [-0.05, 0) is 42.9 Å². The van der Waals surface area contributed by atoms with E-state index < -0.39 is 0 Å². The molecule has 0 aliphatic rings. The van der Waals surface area contributed by atoms with Gasteiger partial charge < -0.3 is 9.64 Å². The minimum atomic E-state index is 0. The van der Waals surface area contributed by atoms with Crippen LogP contribution in [-0.2, 0) is 0 Å². The Labute approximate surface area is 161 Å². The van der Waals surface area contributed by atoms with Gasteiger partial charge in [-0.25, -0.2) is 0 Å². The molecule has 4 nitrogen and oxygen atoms in total. The lowest BCUT2D eigenvalue weighted by molar-refractivity contribution is 0.223. The molecule has 0 bridgehead atoms. The average molecular weight is 372 g/mol. The Morgan fingerprint density at radius 1 is 1.00 bits per heavy atom. The first kappa shape index (κ1) is 20.0. The summed E-state index contributed by atoms with van der Waals surface area (Å²) in [5.41, 5.74) is 3.14. The van der Waals surface area contributed by atoms with E-state index in [0.717, 1.165) is 54.2 Å². The standard InChI is InChI=1S/C21H25N3O.ClH/c1-3-24(4-2)15-16-25-18-12-9-17(10-13-18)11-14-21-19-7-5-6-8-20(19)22-23-21;/h5-14H,3-4,15-16H2,1-2H3,(H,22,23);1H/b14-11+;. The van der Waals surface area contributed by atoms with Crippen LogP contribution in [-0.4, -0.2) is 41.3 Å². The van der Waals surface area contributed by atoms with Crippen LogP contribution in [0.15, 0.2) is 48.5 Å². The third-order valence-corrected chi connectivity index (χ3v) is 4.38. The highest BCUT2D eigenvalue weighted by molar-refractivity contribution is 5.89. The van der Waals surface area contributed by atoms with E-state index in [1.165, 1.54) is 0 Å². The molecule has 5 heteroatoms. The molecule has 3 rings (SSSR count). The molecule has 1 N–H and O–H groups in total. The number of aromatic nitrogens is 2. The number of H-pyrrole nitrogens is 1. The van der Waals surface area contributed by atoms with E-state index in [2.05, 4.69) is 53.2 Å². The number of hydrogen-bond acceptors (Lipinski definition) is 3. The number of benzene rings is 2. The van der Waals surface area contributed by atoms with E-state index in [0.29, 0.717) is 0 Å². The van der Waals surface area contributed by atoms with Crippen molar-refractivity contribution >= 4 is 35.5 Å². The summed E-state index contributed by atoms with van der Waals surface area (Å²) in [6.07, 6.45) is 4.11. The molecule has 1 heterocycles. The lowest BCUT2D eigenvalue weighted by Gasteiger charge is -2.17. The number of fused-ring (bicyclic) bond motifs is 1. The minimum absolute atomic E-state index is 0. The zero-order chi connectivity index (χ0) is 17.5. The molecule has 0 saturated heterocycles. The van der Waals surface area contributed by atoms with Crippen molar-refractivity contribution in [3.8, 4) is 5.75 Å². The fourth-order valence-electron chi connectivity index (χ4n) is 2.79. The normalized spacial score (nSPS) is 11.2. The molecular formula is C21H26ClN3O. The van der Waals surface area contributed by atoms with E-state index in [-0.39, 0.29) is 12.4 Å². The Bertz CT molecular complexity index is 823. The molecule has 0 aliphatic heterocycles. The number of likely N-dealkylation sites (N-methyl/N-ethyl adjacent to an activating group) is 1. The van der Waals surface area contributed by atoms with Crippen molar-refractivity contribution in [1.29, 1.82) is 0 Å². The predicted molar refractivity (Wildman–Crippen MR) is 112 cm³/mol. The van der Waals surface area contributed by atoms with E-state index in [4.69, 9.17) is 4.74 Å². The summed E-state index contributed by atoms with van der Waals surface area (Å²) in [6, 6.07) is 16.3. The van der Waals surface area contributed by atoms with Crippen molar-refractivity contribution in [2.24, 2.45) is 0 Å². The van der Waals surface area contributed by atoms with Gasteiger partial charge in [0.15, 0.2) is 0 Å². The van der Waals surface area contributed by atoms with Crippen LogP contribution in [0.4, 0.5) is 0 Å². The van der Waals surface area contributed by atoms with Gasteiger partial charge in [0, 0.05) is 11.9 Å². The summed E-state index contributed by atoms with van der Waals surface area (Å²) in [6.45, 7) is 8.15. The molecule has 0 radical (unpaired) electrons. The van der Waals surface area contributed by atoms with Crippen LogP contribution < -0.4 is 4.74 Å². The third-order valence-electron chi connectivity index (χ3n) is 4.38. The second kappa shape index (κ2) is 10.00. The second-order valence-corrected chi connectivity index (χ2v) is 5.93. The second-order valence-electron chi connectivity index (χ2n) is 5.93. The lowest BCUT2D eigenvalue weighted by atomic mass is 10.1. The van der Waals surface area contributed by atoms with Gasteiger partial charge in [-0.3, -0.25) is 5.10 Å². The van der Waals surface area contributed by atoms with E-state index in [1.54, 1.807) is 0 Å². The molecule has 0 amide bonds. The molecule has 0 spiro atoms. The molecule has 0 saturated carbocycles. The van der Waals surface area contributed by atoms with E-state index in [9.17, 15) is 0 Å². The molecule has 26 heavy (non-hydrogen) atoms. The van der Waals surface area contributed by atoms with Crippen molar-refractivity contribution in [2.45, 2.75) is 13.8 Å². The van der Waals surface area contributed by atoms with Crippen LogP contribution in [0.5, 0.6) is 5.75 Å². The minimum Gasteiger partial charge on any atom is -0.492 e. The molecule has 138 valence electrons. The van der Waals surface area contributed by atoms with Gasteiger partial charge in [0.1, 0.15) is 12.4 Å². The maximum atomic E-state index is 5.82. The van der Waals surface area contributed by atoms with Crippen LogP contribution in [0.3, 0.4) is 0 Å². The summed E-state index contributed by atoms with van der Waals surface area (Å²) < 4.78 is 5.82. The van der Waals surface area contributed by atoms with Crippen LogP contribution in [0.25, 0.3) is 23.1 Å². The highest BCUT2D eigenvalue weighted by Gasteiger charge is 2.01. The maximum Gasteiger partial charge on any atom is 0.119 e. The summed E-state index contributed by atoms with van der Waals surface area (Å²) >= 11 is 0. The predicted octanol–water partition coefficient (Wildman–Crippen LogP) is 4.88. The maximum absolute atomic E-state index is 5.82. The van der Waals surface area contributed by atoms with Gasteiger partial charge in [0.25, 0.3) is 0 Å². The number of rotatable bonds is 8. The first-order valence-electron chi connectivity index (χ1n) is 8.86. The van der Waals surface area contributed by atoms with Gasteiger partial charge in [-0.15, -0.1) is 12.4 Å². The van der Waals surface area contributed by atoms with Gasteiger partial charge in [0.2, 0.25) is 0 Å². The SMILES string of the molecule is CCN(CC)CCOc1ccc(/C=C/c2n[nH]c3ccccc23)cc1.Cl. The fourth-order valence-corrected chi connectivity index (χ4v) is 2.79. The Kier molecular flexibility index (Phi) is 7.70. The molecule has 2 aromatic carbocycles. The topological polar surface area (TPSA) is 41.1 Å². The van der Waals surface area contributed by atoms with Crippen molar-refractivity contribution in [3.05, 3.63) is 59.8 Å². The zero-order valence-electron chi connectivity index (χ0n) is 15.3. The van der Waals surface area contributed by atoms with Gasteiger partial charge in [0.05, 0.1) is 11.2 Å². The Balaban J connectivity index is 0.00000243. The number of aromatic amines is 1. The summed E-state index contributed by atoms with van der Waals surface area (Å²) in [5.74, 6) is 0.912. The van der Waals surface area contributed by atoms with Crippen molar-refractivity contribution < 1.29 is 4.74 Å². The van der Waals surface area contributed by atoms with Crippen LogP contribution in [0.2, 0.25) is 0 Å². The Morgan fingerprint density at radius 3 is 2.46 bits per heavy atom. The molecule has 3 aromatic rings. The molecule has 1 aromatic heterocycles. The number of halogens is 1. The smallest absolute Gasteiger partial charge is 0.119 e. The fraction of sp³-hybridized carbons (Fsp3) is 0.286. The largest absolute Gasteiger partial charge is 0.492 e. The van der Waals surface area contributed by atoms with E-state index >= 15 is 0 Å². The number of nitrogens with one attached hydrogen (secondary N) is 1. The van der Waals surface area contributed by atoms with Crippen LogP contribution >= 0.6 is 12.4 Å².